The Morgan fingerprint density at radius 3 is 2.50 bits per heavy atom. The van der Waals surface area contributed by atoms with Gasteiger partial charge in [-0.15, -0.1) is 0 Å². The van der Waals surface area contributed by atoms with Crippen molar-refractivity contribution >= 4 is 0 Å². The lowest BCUT2D eigenvalue weighted by Gasteiger charge is -2.13. The summed E-state index contributed by atoms with van der Waals surface area (Å²) in [6.07, 6.45) is -0.287. The molecular formula is C12H17F2NO. The van der Waals surface area contributed by atoms with E-state index in [1.807, 2.05) is 13.8 Å². The molecule has 4 heteroatoms. The van der Waals surface area contributed by atoms with Crippen molar-refractivity contribution in [2.75, 3.05) is 6.54 Å². The molecule has 0 saturated heterocycles. The van der Waals surface area contributed by atoms with Crippen molar-refractivity contribution in [3.63, 3.8) is 0 Å². The van der Waals surface area contributed by atoms with E-state index in [1.54, 1.807) is 0 Å². The molecule has 0 aromatic heterocycles. The summed E-state index contributed by atoms with van der Waals surface area (Å²) in [6, 6.07) is 3.81. The molecule has 0 aliphatic heterocycles. The van der Waals surface area contributed by atoms with E-state index >= 15 is 0 Å². The normalized spacial score (nSPS) is 13.1. The van der Waals surface area contributed by atoms with Crippen LogP contribution in [0.5, 0.6) is 0 Å². The van der Waals surface area contributed by atoms with E-state index in [-0.39, 0.29) is 0 Å². The third kappa shape index (κ3) is 3.87. The number of benzene rings is 1. The van der Waals surface area contributed by atoms with Crippen LogP contribution < -0.4 is 5.32 Å². The minimum absolute atomic E-state index is 0.345. The first-order chi connectivity index (χ1) is 7.50. The lowest BCUT2D eigenvalue weighted by atomic mass is 10.1. The van der Waals surface area contributed by atoms with Gasteiger partial charge in [-0.25, -0.2) is 8.78 Å². The standard InChI is InChI=1S/C12H17F2NO/c1-8(2)15-6-5-12(16)9-3-4-10(13)11(14)7-9/h3-4,7-8,12,15-16H,5-6H2,1-2H3. The Hall–Kier alpha value is -1.00. The van der Waals surface area contributed by atoms with Crippen molar-refractivity contribution in [1.82, 2.24) is 5.32 Å². The van der Waals surface area contributed by atoms with Gasteiger partial charge in [0.2, 0.25) is 0 Å². The smallest absolute Gasteiger partial charge is 0.159 e. The summed E-state index contributed by atoms with van der Waals surface area (Å²) < 4.78 is 25.5. The van der Waals surface area contributed by atoms with Crippen LogP contribution in [0.1, 0.15) is 31.9 Å². The summed E-state index contributed by atoms with van der Waals surface area (Å²) in [5.74, 6) is -1.82. The largest absolute Gasteiger partial charge is 0.388 e. The number of aliphatic hydroxyl groups excluding tert-OH is 1. The second-order valence-corrected chi connectivity index (χ2v) is 4.09. The molecule has 0 radical (unpaired) electrons. The van der Waals surface area contributed by atoms with E-state index < -0.39 is 17.7 Å². The van der Waals surface area contributed by atoms with Crippen molar-refractivity contribution < 1.29 is 13.9 Å². The lowest BCUT2D eigenvalue weighted by molar-refractivity contribution is 0.165. The predicted octanol–water partition coefficient (Wildman–Crippen LogP) is 2.39. The highest BCUT2D eigenvalue weighted by atomic mass is 19.2. The summed E-state index contributed by atoms with van der Waals surface area (Å²) in [5.41, 5.74) is 0.407. The molecule has 2 nitrogen and oxygen atoms in total. The number of nitrogens with one attached hydrogen (secondary N) is 1. The number of hydrogen-bond acceptors (Lipinski definition) is 2. The fourth-order valence-electron chi connectivity index (χ4n) is 1.40. The highest BCUT2D eigenvalue weighted by Gasteiger charge is 2.10. The van der Waals surface area contributed by atoms with Crippen molar-refractivity contribution in [1.29, 1.82) is 0 Å². The Morgan fingerprint density at radius 2 is 1.94 bits per heavy atom. The summed E-state index contributed by atoms with van der Waals surface area (Å²) in [6.45, 7) is 4.64. The average Bonchev–Trinajstić information content (AvgIpc) is 2.21. The van der Waals surface area contributed by atoms with Crippen molar-refractivity contribution in [3.05, 3.63) is 35.4 Å². The van der Waals surface area contributed by atoms with Crippen molar-refractivity contribution in [3.8, 4) is 0 Å². The first-order valence-electron chi connectivity index (χ1n) is 5.37. The summed E-state index contributed by atoms with van der Waals surface area (Å²) in [4.78, 5) is 0. The number of hydrogen-bond donors (Lipinski definition) is 2. The van der Waals surface area contributed by atoms with Gasteiger partial charge in [0.05, 0.1) is 6.10 Å². The lowest BCUT2D eigenvalue weighted by Crippen LogP contribution is -2.24. The van der Waals surface area contributed by atoms with E-state index in [0.29, 0.717) is 24.6 Å². The Bertz CT molecular complexity index is 342. The molecule has 1 rings (SSSR count). The molecule has 1 aromatic rings. The third-order valence-electron chi connectivity index (χ3n) is 2.30. The van der Waals surface area contributed by atoms with Crippen LogP contribution in [0.3, 0.4) is 0 Å². The second-order valence-electron chi connectivity index (χ2n) is 4.09. The number of rotatable bonds is 5. The van der Waals surface area contributed by atoms with Crippen LogP contribution >= 0.6 is 0 Å². The summed E-state index contributed by atoms with van der Waals surface area (Å²) >= 11 is 0. The van der Waals surface area contributed by atoms with E-state index in [4.69, 9.17) is 0 Å². The second kappa shape index (κ2) is 5.92. The van der Waals surface area contributed by atoms with Crippen LogP contribution in [0, 0.1) is 11.6 Å². The van der Waals surface area contributed by atoms with Gasteiger partial charge in [-0.1, -0.05) is 19.9 Å². The molecule has 0 fully saturated rings. The minimum Gasteiger partial charge on any atom is -0.388 e. The quantitative estimate of drug-likeness (QED) is 0.812. The molecule has 2 N–H and O–H groups in total. The van der Waals surface area contributed by atoms with Gasteiger partial charge in [-0.3, -0.25) is 0 Å². The van der Waals surface area contributed by atoms with Crippen molar-refractivity contribution in [2.45, 2.75) is 32.4 Å². The number of aliphatic hydroxyl groups is 1. The maximum atomic E-state index is 12.9. The zero-order chi connectivity index (χ0) is 12.1. The molecule has 0 heterocycles. The predicted molar refractivity (Wildman–Crippen MR) is 59.1 cm³/mol. The molecule has 16 heavy (non-hydrogen) atoms. The molecule has 0 bridgehead atoms. The highest BCUT2D eigenvalue weighted by molar-refractivity contribution is 5.19. The van der Waals surface area contributed by atoms with Gasteiger partial charge >= 0.3 is 0 Å². The molecular weight excluding hydrogens is 212 g/mol. The van der Waals surface area contributed by atoms with Gasteiger partial charge in [0.25, 0.3) is 0 Å². The minimum atomic E-state index is -0.923. The molecule has 0 spiro atoms. The summed E-state index contributed by atoms with van der Waals surface area (Å²) in [5, 5.41) is 12.9. The van der Waals surface area contributed by atoms with E-state index in [9.17, 15) is 13.9 Å². The zero-order valence-corrected chi connectivity index (χ0v) is 9.50. The molecule has 0 saturated carbocycles. The fraction of sp³-hybridized carbons (Fsp3) is 0.500. The van der Waals surface area contributed by atoms with Crippen LogP contribution in [0.4, 0.5) is 8.78 Å². The van der Waals surface area contributed by atoms with Crippen LogP contribution in [0.25, 0.3) is 0 Å². The van der Waals surface area contributed by atoms with Crippen LogP contribution in [-0.4, -0.2) is 17.7 Å². The third-order valence-corrected chi connectivity index (χ3v) is 2.30. The maximum absolute atomic E-state index is 12.9. The number of halogens is 2. The molecule has 1 unspecified atom stereocenters. The van der Waals surface area contributed by atoms with Gasteiger partial charge in [-0.2, -0.15) is 0 Å². The summed E-state index contributed by atoms with van der Waals surface area (Å²) in [7, 11) is 0. The first kappa shape index (κ1) is 13.1. The van der Waals surface area contributed by atoms with E-state index in [0.717, 1.165) is 12.1 Å². The van der Waals surface area contributed by atoms with Gasteiger partial charge < -0.3 is 10.4 Å². The SMILES string of the molecule is CC(C)NCCC(O)c1ccc(F)c(F)c1. The molecule has 0 aliphatic carbocycles. The Labute approximate surface area is 94.3 Å². The van der Waals surface area contributed by atoms with Crippen LogP contribution in [-0.2, 0) is 0 Å². The highest BCUT2D eigenvalue weighted by Crippen LogP contribution is 2.18. The molecule has 90 valence electrons. The van der Waals surface area contributed by atoms with Gasteiger partial charge in [-0.05, 0) is 30.7 Å². The zero-order valence-electron chi connectivity index (χ0n) is 9.50. The molecule has 0 aliphatic rings. The van der Waals surface area contributed by atoms with Crippen molar-refractivity contribution in [2.24, 2.45) is 0 Å². The molecule has 0 amide bonds. The van der Waals surface area contributed by atoms with E-state index in [2.05, 4.69) is 5.32 Å². The molecule has 1 aromatic carbocycles. The Morgan fingerprint density at radius 1 is 1.25 bits per heavy atom. The fourth-order valence-corrected chi connectivity index (χ4v) is 1.40. The van der Waals surface area contributed by atoms with Crippen LogP contribution in [0.2, 0.25) is 0 Å². The topological polar surface area (TPSA) is 32.3 Å². The van der Waals surface area contributed by atoms with Gasteiger partial charge in [0.15, 0.2) is 11.6 Å². The monoisotopic (exact) mass is 229 g/mol. The van der Waals surface area contributed by atoms with E-state index in [1.165, 1.54) is 6.07 Å². The first-order valence-corrected chi connectivity index (χ1v) is 5.37. The van der Waals surface area contributed by atoms with Crippen LogP contribution in [0.15, 0.2) is 18.2 Å². The average molecular weight is 229 g/mol. The Kier molecular flexibility index (Phi) is 4.83. The molecule has 1 atom stereocenters. The van der Waals surface area contributed by atoms with Gasteiger partial charge in [0, 0.05) is 6.04 Å². The maximum Gasteiger partial charge on any atom is 0.159 e. The Balaban J connectivity index is 2.52. The van der Waals surface area contributed by atoms with Gasteiger partial charge in [0.1, 0.15) is 0 Å².